The summed E-state index contributed by atoms with van der Waals surface area (Å²) in [5.41, 5.74) is 2.98. The highest BCUT2D eigenvalue weighted by Crippen LogP contribution is 2.30. The van der Waals surface area contributed by atoms with Gasteiger partial charge in [0.2, 0.25) is 5.96 Å². The molecule has 3 rings (SSSR count). The molecule has 1 aliphatic heterocycles. The summed E-state index contributed by atoms with van der Waals surface area (Å²) in [4.78, 5) is 9.36. The lowest BCUT2D eigenvalue weighted by atomic mass is 9.90. The minimum Gasteiger partial charge on any atom is -0.344 e. The maximum Gasteiger partial charge on any atom is 0.216 e. The van der Waals surface area contributed by atoms with Crippen LogP contribution in [-0.4, -0.2) is 29.7 Å². The van der Waals surface area contributed by atoms with E-state index in [1.54, 1.807) is 18.4 Å². The molecule has 0 bridgehead atoms. The molecule has 5 nitrogen and oxygen atoms in total. The fourth-order valence-corrected chi connectivity index (χ4v) is 2.62. The van der Waals surface area contributed by atoms with Gasteiger partial charge in [0.1, 0.15) is 0 Å². The summed E-state index contributed by atoms with van der Waals surface area (Å²) in [6, 6.07) is 12.3. The van der Waals surface area contributed by atoms with E-state index in [4.69, 9.17) is 10.2 Å². The minimum atomic E-state index is -0.342. The molecule has 0 amide bonds. The SMILES string of the molecule is CON1CC(C)(c2cccc(-c3cccnc3)c2)NC1=N. The first-order valence-electron chi connectivity index (χ1n) is 6.82. The van der Waals surface area contributed by atoms with Crippen molar-refractivity contribution in [3.8, 4) is 11.1 Å². The second-order valence-electron chi connectivity index (χ2n) is 5.35. The zero-order chi connectivity index (χ0) is 14.9. The lowest BCUT2D eigenvalue weighted by molar-refractivity contribution is -0.0633. The average molecular weight is 282 g/mol. The van der Waals surface area contributed by atoms with Crippen LogP contribution in [0, 0.1) is 5.41 Å². The predicted molar refractivity (Wildman–Crippen MR) is 81.6 cm³/mol. The third kappa shape index (κ3) is 2.48. The number of nitrogens with zero attached hydrogens (tertiary/aromatic N) is 2. The lowest BCUT2D eigenvalue weighted by Crippen LogP contribution is -2.37. The summed E-state index contributed by atoms with van der Waals surface area (Å²) in [7, 11) is 1.58. The van der Waals surface area contributed by atoms with Gasteiger partial charge in [-0.25, -0.2) is 5.06 Å². The van der Waals surface area contributed by atoms with Gasteiger partial charge in [0.15, 0.2) is 0 Å². The maximum absolute atomic E-state index is 7.91. The highest BCUT2D eigenvalue weighted by Gasteiger charge is 2.38. The number of hydrogen-bond donors (Lipinski definition) is 2. The van der Waals surface area contributed by atoms with Gasteiger partial charge in [-0.2, -0.15) is 0 Å². The Morgan fingerprint density at radius 2 is 2.10 bits per heavy atom. The molecule has 0 radical (unpaired) electrons. The molecule has 1 aromatic heterocycles. The molecule has 1 saturated heterocycles. The monoisotopic (exact) mass is 282 g/mol. The Morgan fingerprint density at radius 1 is 1.29 bits per heavy atom. The number of aromatic nitrogens is 1. The van der Waals surface area contributed by atoms with Crippen LogP contribution in [0.25, 0.3) is 11.1 Å². The van der Waals surface area contributed by atoms with Crippen LogP contribution in [0.3, 0.4) is 0 Å². The number of benzene rings is 1. The molecule has 1 atom stereocenters. The third-order valence-electron chi connectivity index (χ3n) is 3.82. The molecule has 21 heavy (non-hydrogen) atoms. The van der Waals surface area contributed by atoms with Crippen LogP contribution in [0.15, 0.2) is 48.8 Å². The summed E-state index contributed by atoms with van der Waals surface area (Å²) in [6.07, 6.45) is 3.62. The zero-order valence-corrected chi connectivity index (χ0v) is 12.1. The van der Waals surface area contributed by atoms with Crippen LogP contribution >= 0.6 is 0 Å². The molecule has 0 aliphatic carbocycles. The van der Waals surface area contributed by atoms with Crippen LogP contribution in [-0.2, 0) is 10.4 Å². The van der Waals surface area contributed by atoms with E-state index in [2.05, 4.69) is 35.4 Å². The van der Waals surface area contributed by atoms with E-state index in [0.29, 0.717) is 6.54 Å². The number of hydroxylamine groups is 2. The normalized spacial score (nSPS) is 21.4. The van der Waals surface area contributed by atoms with Crippen molar-refractivity contribution < 1.29 is 4.84 Å². The molecular formula is C16H18N4O. The molecule has 2 N–H and O–H groups in total. The highest BCUT2D eigenvalue weighted by atomic mass is 16.7. The fraction of sp³-hybridized carbons (Fsp3) is 0.250. The zero-order valence-electron chi connectivity index (χ0n) is 12.1. The van der Waals surface area contributed by atoms with Crippen molar-refractivity contribution in [3.63, 3.8) is 0 Å². The van der Waals surface area contributed by atoms with Crippen molar-refractivity contribution in [2.24, 2.45) is 0 Å². The molecular weight excluding hydrogens is 264 g/mol. The van der Waals surface area contributed by atoms with Crippen LogP contribution in [0.1, 0.15) is 12.5 Å². The molecule has 108 valence electrons. The third-order valence-corrected chi connectivity index (χ3v) is 3.82. The Balaban J connectivity index is 1.95. The molecule has 1 fully saturated rings. The quantitative estimate of drug-likeness (QED) is 0.907. The van der Waals surface area contributed by atoms with Gasteiger partial charge >= 0.3 is 0 Å². The van der Waals surface area contributed by atoms with Crippen LogP contribution in [0.5, 0.6) is 0 Å². The summed E-state index contributed by atoms with van der Waals surface area (Å²) < 4.78 is 0. The smallest absolute Gasteiger partial charge is 0.216 e. The van der Waals surface area contributed by atoms with Gasteiger partial charge in [0.05, 0.1) is 19.2 Å². The van der Waals surface area contributed by atoms with Crippen molar-refractivity contribution >= 4 is 5.96 Å². The number of guanidine groups is 1. The van der Waals surface area contributed by atoms with Gasteiger partial charge in [0, 0.05) is 12.4 Å². The lowest BCUT2D eigenvalue weighted by Gasteiger charge is -2.24. The summed E-state index contributed by atoms with van der Waals surface area (Å²) in [5.74, 6) is 0.284. The summed E-state index contributed by atoms with van der Waals surface area (Å²) >= 11 is 0. The topological polar surface area (TPSA) is 61.2 Å². The van der Waals surface area contributed by atoms with E-state index in [-0.39, 0.29) is 11.5 Å². The second-order valence-corrected chi connectivity index (χ2v) is 5.35. The number of nitrogens with one attached hydrogen (secondary N) is 2. The van der Waals surface area contributed by atoms with Crippen molar-refractivity contribution in [3.05, 3.63) is 54.4 Å². The molecule has 1 aromatic carbocycles. The first kappa shape index (κ1) is 13.6. The van der Waals surface area contributed by atoms with Gasteiger partial charge < -0.3 is 5.32 Å². The predicted octanol–water partition coefficient (Wildman–Crippen LogP) is 2.37. The largest absolute Gasteiger partial charge is 0.344 e. The summed E-state index contributed by atoms with van der Waals surface area (Å²) in [5, 5.41) is 12.7. The van der Waals surface area contributed by atoms with Crippen molar-refractivity contribution in [1.29, 1.82) is 5.41 Å². The summed E-state index contributed by atoms with van der Waals surface area (Å²) in [6.45, 7) is 2.67. The Labute approximate surface area is 124 Å². The van der Waals surface area contributed by atoms with E-state index < -0.39 is 0 Å². The Morgan fingerprint density at radius 3 is 2.76 bits per heavy atom. The minimum absolute atomic E-state index is 0.284. The van der Waals surface area contributed by atoms with E-state index >= 15 is 0 Å². The van der Waals surface area contributed by atoms with Crippen molar-refractivity contribution in [2.75, 3.05) is 13.7 Å². The molecule has 1 aliphatic rings. The number of pyridine rings is 1. The van der Waals surface area contributed by atoms with Gasteiger partial charge in [-0.05, 0) is 35.7 Å². The first-order chi connectivity index (χ1) is 10.1. The van der Waals surface area contributed by atoms with E-state index in [1.807, 2.05) is 24.4 Å². The van der Waals surface area contributed by atoms with Gasteiger partial charge in [-0.3, -0.25) is 15.2 Å². The van der Waals surface area contributed by atoms with E-state index in [1.165, 1.54) is 0 Å². The Kier molecular flexibility index (Phi) is 3.35. The number of hydrogen-bond acceptors (Lipinski definition) is 3. The van der Waals surface area contributed by atoms with Gasteiger partial charge in [-0.15, -0.1) is 0 Å². The van der Waals surface area contributed by atoms with Gasteiger partial charge in [-0.1, -0.05) is 24.3 Å². The van der Waals surface area contributed by atoms with E-state index in [9.17, 15) is 0 Å². The highest BCUT2D eigenvalue weighted by molar-refractivity contribution is 5.79. The van der Waals surface area contributed by atoms with Crippen molar-refractivity contribution in [2.45, 2.75) is 12.5 Å². The van der Waals surface area contributed by atoms with Gasteiger partial charge in [0.25, 0.3) is 0 Å². The molecule has 2 heterocycles. The Bertz CT molecular complexity index is 658. The standard InChI is InChI=1S/C16H18N4O/c1-16(11-20(21-2)15(17)19-16)14-7-3-5-12(9-14)13-6-4-8-18-10-13/h3-10H,11H2,1-2H3,(H2,17,19). The molecule has 0 saturated carbocycles. The maximum atomic E-state index is 7.91. The molecule has 1 unspecified atom stereocenters. The number of rotatable bonds is 3. The fourth-order valence-electron chi connectivity index (χ4n) is 2.62. The average Bonchev–Trinajstić information content (AvgIpc) is 2.84. The van der Waals surface area contributed by atoms with Crippen LogP contribution in [0.2, 0.25) is 0 Å². The van der Waals surface area contributed by atoms with Crippen molar-refractivity contribution in [1.82, 2.24) is 15.4 Å². The van der Waals surface area contributed by atoms with Crippen LogP contribution in [0.4, 0.5) is 0 Å². The first-order valence-corrected chi connectivity index (χ1v) is 6.82. The second kappa shape index (κ2) is 5.18. The molecule has 2 aromatic rings. The molecule has 0 spiro atoms. The van der Waals surface area contributed by atoms with Crippen LogP contribution < -0.4 is 5.32 Å². The van der Waals surface area contributed by atoms with E-state index in [0.717, 1.165) is 16.7 Å². The Hall–Kier alpha value is -2.40. The molecule has 5 heteroatoms.